The third kappa shape index (κ3) is 3.39. The van der Waals surface area contributed by atoms with Crippen molar-refractivity contribution in [2.24, 2.45) is 0 Å². The monoisotopic (exact) mass is 361 g/mol. The van der Waals surface area contributed by atoms with Crippen molar-refractivity contribution in [3.8, 4) is 5.75 Å². The number of anilines is 1. The SMILES string of the molecule is Cc1cc(C)c(O)c(C2CC(C(=O)Nc3cccc4ccccc34)NN2)c1. The lowest BCUT2D eigenvalue weighted by Gasteiger charge is -2.15. The fraction of sp³-hybridized carbons (Fsp3) is 0.227. The predicted molar refractivity (Wildman–Crippen MR) is 108 cm³/mol. The van der Waals surface area contributed by atoms with E-state index >= 15 is 0 Å². The van der Waals surface area contributed by atoms with Gasteiger partial charge in [-0.25, -0.2) is 10.9 Å². The van der Waals surface area contributed by atoms with Crippen LogP contribution in [0.15, 0.2) is 54.6 Å². The molecule has 5 nitrogen and oxygen atoms in total. The summed E-state index contributed by atoms with van der Waals surface area (Å²) in [6.07, 6.45) is 0.563. The van der Waals surface area contributed by atoms with E-state index in [-0.39, 0.29) is 23.7 Å². The summed E-state index contributed by atoms with van der Waals surface area (Å²) in [7, 11) is 0. The van der Waals surface area contributed by atoms with E-state index in [0.29, 0.717) is 6.42 Å². The Balaban J connectivity index is 1.51. The molecule has 0 radical (unpaired) electrons. The number of aryl methyl sites for hydroxylation is 2. The lowest BCUT2D eigenvalue weighted by molar-refractivity contribution is -0.117. The molecule has 138 valence electrons. The van der Waals surface area contributed by atoms with Gasteiger partial charge in [0.05, 0.1) is 6.04 Å². The van der Waals surface area contributed by atoms with E-state index in [0.717, 1.165) is 33.2 Å². The van der Waals surface area contributed by atoms with Crippen molar-refractivity contribution in [2.45, 2.75) is 32.4 Å². The molecule has 1 fully saturated rings. The molecule has 0 aromatic heterocycles. The van der Waals surface area contributed by atoms with Gasteiger partial charge in [-0.3, -0.25) is 4.79 Å². The van der Waals surface area contributed by atoms with Gasteiger partial charge in [0, 0.05) is 16.6 Å². The topological polar surface area (TPSA) is 73.4 Å². The molecule has 0 saturated carbocycles. The first-order valence-electron chi connectivity index (χ1n) is 9.12. The Kier molecular flexibility index (Phi) is 4.56. The fourth-order valence-corrected chi connectivity index (χ4v) is 3.74. The molecule has 27 heavy (non-hydrogen) atoms. The van der Waals surface area contributed by atoms with E-state index in [1.165, 1.54) is 0 Å². The smallest absolute Gasteiger partial charge is 0.242 e. The van der Waals surface area contributed by atoms with Crippen molar-refractivity contribution >= 4 is 22.4 Å². The van der Waals surface area contributed by atoms with Crippen LogP contribution in [0.3, 0.4) is 0 Å². The van der Waals surface area contributed by atoms with Crippen molar-refractivity contribution in [2.75, 3.05) is 5.32 Å². The molecule has 3 aromatic carbocycles. The Bertz CT molecular complexity index is 1010. The maximum atomic E-state index is 12.8. The molecule has 1 aliphatic heterocycles. The van der Waals surface area contributed by atoms with Crippen LogP contribution in [0.1, 0.15) is 29.2 Å². The van der Waals surface area contributed by atoms with E-state index < -0.39 is 0 Å². The molecule has 0 spiro atoms. The van der Waals surface area contributed by atoms with Gasteiger partial charge in [-0.15, -0.1) is 0 Å². The van der Waals surface area contributed by atoms with Gasteiger partial charge in [-0.05, 0) is 37.3 Å². The van der Waals surface area contributed by atoms with Crippen LogP contribution < -0.4 is 16.2 Å². The Labute approximate surface area is 158 Å². The van der Waals surface area contributed by atoms with Gasteiger partial charge in [0.25, 0.3) is 0 Å². The highest BCUT2D eigenvalue weighted by molar-refractivity contribution is 6.03. The second-order valence-corrected chi connectivity index (χ2v) is 7.17. The lowest BCUT2D eigenvalue weighted by atomic mass is 9.96. The quantitative estimate of drug-likeness (QED) is 0.574. The Hall–Kier alpha value is -2.89. The second kappa shape index (κ2) is 7.02. The van der Waals surface area contributed by atoms with Crippen LogP contribution in [0.5, 0.6) is 5.75 Å². The first-order valence-corrected chi connectivity index (χ1v) is 9.12. The number of hydrogen-bond acceptors (Lipinski definition) is 4. The number of hydrazine groups is 1. The molecule has 1 heterocycles. The molecule has 3 aromatic rings. The molecular formula is C22H23N3O2. The maximum absolute atomic E-state index is 12.8. The van der Waals surface area contributed by atoms with Crippen LogP contribution in [0.2, 0.25) is 0 Å². The summed E-state index contributed by atoms with van der Waals surface area (Å²) in [6.45, 7) is 3.89. The minimum atomic E-state index is -0.380. The number of phenolic OH excluding ortho intramolecular Hbond substituents is 1. The standard InChI is InChI=1S/C22H23N3O2/c1-13-10-14(2)21(26)17(11-13)19-12-20(25-24-19)22(27)23-18-9-5-7-15-6-3-4-8-16(15)18/h3-11,19-20,24-26H,12H2,1-2H3,(H,23,27). The van der Waals surface area contributed by atoms with Crippen molar-refractivity contribution < 1.29 is 9.90 Å². The van der Waals surface area contributed by atoms with Crippen molar-refractivity contribution in [3.05, 3.63) is 71.3 Å². The van der Waals surface area contributed by atoms with Crippen molar-refractivity contribution in [1.82, 2.24) is 10.9 Å². The summed E-state index contributed by atoms with van der Waals surface area (Å²) >= 11 is 0. The minimum Gasteiger partial charge on any atom is -0.507 e. The molecule has 0 aliphatic carbocycles. The predicted octanol–water partition coefficient (Wildman–Crippen LogP) is 3.71. The Morgan fingerprint density at radius 2 is 1.85 bits per heavy atom. The summed E-state index contributed by atoms with van der Waals surface area (Å²) in [5, 5.41) is 15.5. The average molecular weight is 361 g/mol. The van der Waals surface area contributed by atoms with Crippen LogP contribution in [0, 0.1) is 13.8 Å². The fourth-order valence-electron chi connectivity index (χ4n) is 3.74. The average Bonchev–Trinajstić information content (AvgIpc) is 3.15. The molecule has 5 heteroatoms. The van der Waals surface area contributed by atoms with Crippen LogP contribution in [0.4, 0.5) is 5.69 Å². The summed E-state index contributed by atoms with van der Waals surface area (Å²) in [5.74, 6) is 0.195. The minimum absolute atomic E-state index is 0.0924. The number of benzene rings is 3. The van der Waals surface area contributed by atoms with Gasteiger partial charge < -0.3 is 10.4 Å². The molecule has 1 saturated heterocycles. The highest BCUT2D eigenvalue weighted by atomic mass is 16.3. The van der Waals surface area contributed by atoms with E-state index in [1.807, 2.05) is 68.4 Å². The molecule has 4 N–H and O–H groups in total. The molecule has 1 aliphatic rings. The van der Waals surface area contributed by atoms with Gasteiger partial charge in [0.15, 0.2) is 0 Å². The lowest BCUT2D eigenvalue weighted by Crippen LogP contribution is -2.39. The van der Waals surface area contributed by atoms with Crippen LogP contribution in [0.25, 0.3) is 10.8 Å². The van der Waals surface area contributed by atoms with Gasteiger partial charge in [0.1, 0.15) is 11.8 Å². The zero-order valence-corrected chi connectivity index (χ0v) is 15.4. The van der Waals surface area contributed by atoms with Crippen molar-refractivity contribution in [3.63, 3.8) is 0 Å². The van der Waals surface area contributed by atoms with Gasteiger partial charge >= 0.3 is 0 Å². The normalized spacial score (nSPS) is 19.3. The first kappa shape index (κ1) is 17.5. The van der Waals surface area contributed by atoms with E-state index in [9.17, 15) is 9.90 Å². The number of carbonyl (C=O) groups excluding carboxylic acids is 1. The second-order valence-electron chi connectivity index (χ2n) is 7.17. The molecule has 0 bridgehead atoms. The zero-order chi connectivity index (χ0) is 19.0. The molecule has 2 unspecified atom stereocenters. The number of rotatable bonds is 3. The number of phenols is 1. The van der Waals surface area contributed by atoms with E-state index in [4.69, 9.17) is 0 Å². The van der Waals surface area contributed by atoms with Gasteiger partial charge in [-0.1, -0.05) is 54.1 Å². The highest BCUT2D eigenvalue weighted by Gasteiger charge is 2.32. The van der Waals surface area contributed by atoms with E-state index in [1.54, 1.807) is 0 Å². The molecule has 2 atom stereocenters. The van der Waals surface area contributed by atoms with Gasteiger partial charge in [-0.2, -0.15) is 0 Å². The summed E-state index contributed by atoms with van der Waals surface area (Å²) in [4.78, 5) is 12.8. The Morgan fingerprint density at radius 1 is 1.07 bits per heavy atom. The number of nitrogens with one attached hydrogen (secondary N) is 3. The number of amides is 1. The first-order chi connectivity index (χ1) is 13.0. The third-order valence-corrected chi connectivity index (χ3v) is 5.12. The number of aromatic hydroxyl groups is 1. The highest BCUT2D eigenvalue weighted by Crippen LogP contribution is 2.33. The van der Waals surface area contributed by atoms with Crippen LogP contribution in [-0.4, -0.2) is 17.1 Å². The zero-order valence-electron chi connectivity index (χ0n) is 15.4. The van der Waals surface area contributed by atoms with E-state index in [2.05, 4.69) is 16.2 Å². The molecule has 4 rings (SSSR count). The maximum Gasteiger partial charge on any atom is 0.242 e. The van der Waals surface area contributed by atoms with Gasteiger partial charge in [0.2, 0.25) is 5.91 Å². The summed E-state index contributed by atoms with van der Waals surface area (Å²) < 4.78 is 0. The van der Waals surface area contributed by atoms with Crippen LogP contribution in [-0.2, 0) is 4.79 Å². The largest absolute Gasteiger partial charge is 0.507 e. The number of hydrogen-bond donors (Lipinski definition) is 4. The van der Waals surface area contributed by atoms with Crippen LogP contribution >= 0.6 is 0 Å². The van der Waals surface area contributed by atoms with Crippen molar-refractivity contribution in [1.29, 1.82) is 0 Å². The Morgan fingerprint density at radius 3 is 2.70 bits per heavy atom. The summed E-state index contributed by atoms with van der Waals surface area (Å²) in [6, 6.07) is 17.3. The number of carbonyl (C=O) groups is 1. The number of fused-ring (bicyclic) bond motifs is 1. The third-order valence-electron chi connectivity index (χ3n) is 5.12. The summed E-state index contributed by atoms with van der Waals surface area (Å²) in [5.41, 5.74) is 9.77. The molecule has 1 amide bonds. The molecular weight excluding hydrogens is 338 g/mol.